The van der Waals surface area contributed by atoms with E-state index in [1.165, 1.54) is 30.5 Å². The Morgan fingerprint density at radius 3 is 2.56 bits per heavy atom. The summed E-state index contributed by atoms with van der Waals surface area (Å²) < 4.78 is 30.9. The molecule has 0 fully saturated rings. The lowest BCUT2D eigenvalue weighted by atomic mass is 10.2. The molecule has 1 aromatic carbocycles. The van der Waals surface area contributed by atoms with Gasteiger partial charge in [-0.05, 0) is 24.3 Å². The topological polar surface area (TPSA) is 96.0 Å². The maximum atomic E-state index is 11.9. The van der Waals surface area contributed by atoms with Crippen molar-refractivity contribution in [2.75, 3.05) is 0 Å². The molecular weight excluding hydrogens is 254 g/mol. The molecule has 0 aliphatic heterocycles. The van der Waals surface area contributed by atoms with E-state index in [2.05, 4.69) is 9.88 Å². The van der Waals surface area contributed by atoms with Crippen LogP contribution in [0.5, 0.6) is 0 Å². The predicted molar refractivity (Wildman–Crippen MR) is 61.7 cm³/mol. The maximum absolute atomic E-state index is 11.9. The molecule has 0 atom stereocenters. The van der Waals surface area contributed by atoms with Gasteiger partial charge in [0.25, 0.3) is 0 Å². The highest BCUT2D eigenvalue weighted by molar-refractivity contribution is 7.89. The molecule has 92 valence electrons. The van der Waals surface area contributed by atoms with Crippen molar-refractivity contribution in [1.29, 1.82) is 5.26 Å². The van der Waals surface area contributed by atoms with E-state index in [1.54, 1.807) is 6.07 Å². The Hall–Kier alpha value is -2.17. The van der Waals surface area contributed by atoms with Crippen LogP contribution in [-0.4, -0.2) is 13.6 Å². The molecule has 0 aliphatic rings. The molecule has 0 saturated heterocycles. The van der Waals surface area contributed by atoms with Crippen LogP contribution >= 0.6 is 0 Å². The lowest BCUT2D eigenvalue weighted by molar-refractivity contribution is 0.380. The summed E-state index contributed by atoms with van der Waals surface area (Å²) in [5.74, 6) is 0.423. The van der Waals surface area contributed by atoms with E-state index in [9.17, 15) is 8.42 Å². The maximum Gasteiger partial charge on any atom is 0.240 e. The average molecular weight is 263 g/mol. The van der Waals surface area contributed by atoms with Gasteiger partial charge in [0.15, 0.2) is 5.76 Å². The molecular formula is C11H9N3O3S. The summed E-state index contributed by atoms with van der Waals surface area (Å²) >= 11 is 0. The smallest absolute Gasteiger partial charge is 0.240 e. The van der Waals surface area contributed by atoms with E-state index >= 15 is 0 Å². The normalized spacial score (nSPS) is 11.1. The molecule has 1 N–H and O–H groups in total. The van der Waals surface area contributed by atoms with Crippen molar-refractivity contribution >= 4 is 10.0 Å². The van der Waals surface area contributed by atoms with Crippen molar-refractivity contribution in [1.82, 2.24) is 9.88 Å². The molecule has 0 aliphatic carbocycles. The minimum atomic E-state index is -3.61. The first-order valence-corrected chi connectivity index (χ1v) is 6.49. The number of aromatic nitrogens is 1. The lowest BCUT2D eigenvalue weighted by Gasteiger charge is -2.04. The number of nitrogens with one attached hydrogen (secondary N) is 1. The number of rotatable bonds is 4. The first-order chi connectivity index (χ1) is 8.62. The molecule has 0 spiro atoms. The van der Waals surface area contributed by atoms with Gasteiger partial charge in [0.1, 0.15) is 0 Å². The Kier molecular flexibility index (Phi) is 3.41. The zero-order valence-corrected chi connectivity index (χ0v) is 10.0. The third-order valence-corrected chi connectivity index (χ3v) is 3.64. The summed E-state index contributed by atoms with van der Waals surface area (Å²) in [6.07, 6.45) is 1.44. The monoisotopic (exact) mass is 263 g/mol. The van der Waals surface area contributed by atoms with Crippen molar-refractivity contribution in [3.8, 4) is 6.07 Å². The summed E-state index contributed by atoms with van der Waals surface area (Å²) in [5.41, 5.74) is 0.407. The molecule has 6 nitrogen and oxygen atoms in total. The van der Waals surface area contributed by atoms with Gasteiger partial charge in [-0.2, -0.15) is 5.26 Å². The van der Waals surface area contributed by atoms with E-state index in [1.807, 2.05) is 6.07 Å². The molecule has 0 radical (unpaired) electrons. The predicted octanol–water partition coefficient (Wildman–Crippen LogP) is 1.02. The Morgan fingerprint density at radius 2 is 2.00 bits per heavy atom. The first-order valence-electron chi connectivity index (χ1n) is 5.01. The highest BCUT2D eigenvalue weighted by atomic mass is 32.2. The average Bonchev–Trinajstić information content (AvgIpc) is 2.90. The lowest BCUT2D eigenvalue weighted by Crippen LogP contribution is -2.22. The van der Waals surface area contributed by atoms with Crippen molar-refractivity contribution < 1.29 is 12.9 Å². The van der Waals surface area contributed by atoms with Crippen molar-refractivity contribution in [3.63, 3.8) is 0 Å². The van der Waals surface area contributed by atoms with Gasteiger partial charge in [-0.3, -0.25) is 0 Å². The highest BCUT2D eigenvalue weighted by Crippen LogP contribution is 2.10. The van der Waals surface area contributed by atoms with Gasteiger partial charge in [0.2, 0.25) is 10.0 Å². The Bertz CT molecular complexity index is 655. The fourth-order valence-corrected chi connectivity index (χ4v) is 2.28. The largest absolute Gasteiger partial charge is 0.360 e. The van der Waals surface area contributed by atoms with Crippen LogP contribution in [0.4, 0.5) is 0 Å². The number of hydrogen-bond acceptors (Lipinski definition) is 5. The van der Waals surface area contributed by atoms with E-state index in [0.29, 0.717) is 11.3 Å². The number of benzene rings is 1. The van der Waals surface area contributed by atoms with E-state index in [-0.39, 0.29) is 11.4 Å². The van der Waals surface area contributed by atoms with Crippen LogP contribution in [0.1, 0.15) is 11.3 Å². The molecule has 0 unspecified atom stereocenters. The summed E-state index contributed by atoms with van der Waals surface area (Å²) in [6.45, 7) is 0.0301. The standard InChI is InChI=1S/C11H9N3O3S/c12-7-9-1-3-11(4-2-9)18(15,16)14-8-10-5-6-13-17-10/h1-6,14H,8H2. The molecule has 1 heterocycles. The van der Waals surface area contributed by atoms with Gasteiger partial charge in [0.05, 0.1) is 29.3 Å². The molecule has 0 bridgehead atoms. The summed E-state index contributed by atoms with van der Waals surface area (Å²) in [5, 5.41) is 12.1. The second-order valence-electron chi connectivity index (χ2n) is 3.44. The van der Waals surface area contributed by atoms with Gasteiger partial charge >= 0.3 is 0 Å². The Labute approximate surface area is 104 Å². The number of nitriles is 1. The van der Waals surface area contributed by atoms with Gasteiger partial charge in [-0.25, -0.2) is 13.1 Å². The molecule has 0 saturated carbocycles. The van der Waals surface area contributed by atoms with Crippen LogP contribution in [0.15, 0.2) is 45.9 Å². The van der Waals surface area contributed by atoms with E-state index in [0.717, 1.165) is 0 Å². The van der Waals surface area contributed by atoms with Gasteiger partial charge in [-0.15, -0.1) is 0 Å². The fourth-order valence-electron chi connectivity index (χ4n) is 1.29. The zero-order chi connectivity index (χ0) is 13.0. The number of hydrogen-bond donors (Lipinski definition) is 1. The molecule has 7 heteroatoms. The van der Waals surface area contributed by atoms with Crippen LogP contribution in [0, 0.1) is 11.3 Å². The minimum Gasteiger partial charge on any atom is -0.360 e. The SMILES string of the molecule is N#Cc1ccc(S(=O)(=O)NCc2ccno2)cc1. The minimum absolute atomic E-state index is 0.0301. The molecule has 2 rings (SSSR count). The first kappa shape index (κ1) is 12.3. The zero-order valence-electron chi connectivity index (χ0n) is 9.20. The van der Waals surface area contributed by atoms with Gasteiger partial charge < -0.3 is 4.52 Å². The van der Waals surface area contributed by atoms with Gasteiger partial charge in [-0.1, -0.05) is 5.16 Å². The number of sulfonamides is 1. The Morgan fingerprint density at radius 1 is 1.28 bits per heavy atom. The molecule has 0 amide bonds. The second-order valence-corrected chi connectivity index (χ2v) is 5.21. The quantitative estimate of drug-likeness (QED) is 0.888. The summed E-state index contributed by atoms with van der Waals surface area (Å²) in [7, 11) is -3.61. The summed E-state index contributed by atoms with van der Waals surface area (Å²) in [6, 6.07) is 9.14. The van der Waals surface area contributed by atoms with Crippen LogP contribution in [-0.2, 0) is 16.6 Å². The summed E-state index contributed by atoms with van der Waals surface area (Å²) in [4.78, 5) is 0.0982. The third-order valence-electron chi connectivity index (χ3n) is 2.22. The van der Waals surface area contributed by atoms with Crippen molar-refractivity contribution in [2.45, 2.75) is 11.4 Å². The van der Waals surface area contributed by atoms with Crippen LogP contribution in [0.25, 0.3) is 0 Å². The second kappa shape index (κ2) is 5.00. The van der Waals surface area contributed by atoms with Crippen molar-refractivity contribution in [2.24, 2.45) is 0 Å². The van der Waals surface area contributed by atoms with E-state index in [4.69, 9.17) is 9.78 Å². The highest BCUT2D eigenvalue weighted by Gasteiger charge is 2.14. The molecule has 1 aromatic heterocycles. The third kappa shape index (κ3) is 2.74. The van der Waals surface area contributed by atoms with Crippen LogP contribution < -0.4 is 4.72 Å². The number of nitrogens with zero attached hydrogens (tertiary/aromatic N) is 2. The van der Waals surface area contributed by atoms with Crippen LogP contribution in [0.2, 0.25) is 0 Å². The fraction of sp³-hybridized carbons (Fsp3) is 0.0909. The molecule has 2 aromatic rings. The Balaban J connectivity index is 2.13. The van der Waals surface area contributed by atoms with Crippen LogP contribution in [0.3, 0.4) is 0 Å². The van der Waals surface area contributed by atoms with Gasteiger partial charge in [0, 0.05) is 6.07 Å². The van der Waals surface area contributed by atoms with E-state index < -0.39 is 10.0 Å². The van der Waals surface area contributed by atoms with Crippen molar-refractivity contribution in [3.05, 3.63) is 47.9 Å². The molecule has 18 heavy (non-hydrogen) atoms.